The lowest BCUT2D eigenvalue weighted by Gasteiger charge is -2.31. The Balaban J connectivity index is 1.63. The van der Waals surface area contributed by atoms with E-state index in [9.17, 15) is 8.42 Å². The summed E-state index contributed by atoms with van der Waals surface area (Å²) >= 11 is 0. The Morgan fingerprint density at radius 1 is 1.17 bits per heavy atom. The van der Waals surface area contributed by atoms with Crippen molar-refractivity contribution in [3.05, 3.63) is 29.3 Å². The first kappa shape index (κ1) is 16.9. The van der Waals surface area contributed by atoms with E-state index < -0.39 is 10.0 Å². The van der Waals surface area contributed by atoms with Crippen molar-refractivity contribution in [1.29, 1.82) is 0 Å². The van der Waals surface area contributed by atoms with Crippen molar-refractivity contribution in [2.45, 2.75) is 49.5 Å². The maximum absolute atomic E-state index is 12.8. The third kappa shape index (κ3) is 3.76. The number of benzene rings is 1. The topological polar surface area (TPSA) is 72.6 Å². The number of piperidine rings is 1. The molecule has 0 aromatic heterocycles. The number of ether oxygens (including phenoxy) is 1. The molecule has 0 atom stereocenters. The van der Waals surface area contributed by atoms with Crippen molar-refractivity contribution < 1.29 is 13.2 Å². The van der Waals surface area contributed by atoms with E-state index in [1.54, 1.807) is 10.4 Å². The third-order valence-corrected chi connectivity index (χ3v) is 6.71. The summed E-state index contributed by atoms with van der Waals surface area (Å²) in [5.74, 6) is 0. The monoisotopic (exact) mass is 338 g/mol. The van der Waals surface area contributed by atoms with Gasteiger partial charge in [0.25, 0.3) is 0 Å². The largest absolute Gasteiger partial charge is 0.378 e. The molecule has 1 saturated heterocycles. The molecule has 23 heavy (non-hydrogen) atoms. The quantitative estimate of drug-likeness (QED) is 0.801. The number of fused-ring (bicyclic) bond motifs is 1. The number of nitrogens with zero attached hydrogens (tertiary/aromatic N) is 1. The molecule has 1 aliphatic carbocycles. The van der Waals surface area contributed by atoms with Crippen molar-refractivity contribution in [1.82, 2.24) is 4.31 Å². The number of hydrogen-bond donors (Lipinski definition) is 1. The van der Waals surface area contributed by atoms with Crippen molar-refractivity contribution >= 4 is 10.0 Å². The van der Waals surface area contributed by atoms with Crippen LogP contribution in [-0.2, 0) is 27.6 Å². The molecule has 0 unspecified atom stereocenters. The van der Waals surface area contributed by atoms with Gasteiger partial charge in [0.05, 0.1) is 11.0 Å². The van der Waals surface area contributed by atoms with Crippen LogP contribution in [0.4, 0.5) is 0 Å². The molecule has 1 aromatic carbocycles. The number of rotatable bonds is 6. The van der Waals surface area contributed by atoms with E-state index in [4.69, 9.17) is 10.5 Å². The van der Waals surface area contributed by atoms with Crippen LogP contribution in [0.3, 0.4) is 0 Å². The molecule has 6 heteroatoms. The normalized spacial score (nSPS) is 19.9. The van der Waals surface area contributed by atoms with Crippen LogP contribution >= 0.6 is 0 Å². The van der Waals surface area contributed by atoms with Gasteiger partial charge in [0.2, 0.25) is 10.0 Å². The van der Waals surface area contributed by atoms with Crippen molar-refractivity contribution in [3.8, 4) is 0 Å². The van der Waals surface area contributed by atoms with Gasteiger partial charge in [0.15, 0.2) is 0 Å². The van der Waals surface area contributed by atoms with Gasteiger partial charge < -0.3 is 10.5 Å². The average Bonchev–Trinajstić information content (AvgIpc) is 3.03. The zero-order valence-electron chi connectivity index (χ0n) is 13.5. The average molecular weight is 338 g/mol. The molecule has 5 nitrogen and oxygen atoms in total. The molecule has 2 N–H and O–H groups in total. The SMILES string of the molecule is NCCCOC1CCN(S(=O)(=O)c2ccc3c(c2)CCC3)CC1. The summed E-state index contributed by atoms with van der Waals surface area (Å²) < 4.78 is 33.0. The Morgan fingerprint density at radius 2 is 1.91 bits per heavy atom. The second kappa shape index (κ2) is 7.30. The zero-order chi connectivity index (χ0) is 16.3. The van der Waals surface area contributed by atoms with Crippen molar-refractivity contribution in [3.63, 3.8) is 0 Å². The predicted octanol–water partition coefficient (Wildman–Crippen LogP) is 1.69. The lowest BCUT2D eigenvalue weighted by molar-refractivity contribution is 0.0209. The van der Waals surface area contributed by atoms with Crippen molar-refractivity contribution in [2.75, 3.05) is 26.2 Å². The highest BCUT2D eigenvalue weighted by Gasteiger charge is 2.30. The van der Waals surface area contributed by atoms with E-state index in [0.717, 1.165) is 38.5 Å². The van der Waals surface area contributed by atoms with Crippen LogP contribution in [0.15, 0.2) is 23.1 Å². The van der Waals surface area contributed by atoms with E-state index in [2.05, 4.69) is 0 Å². The highest BCUT2D eigenvalue weighted by molar-refractivity contribution is 7.89. The van der Waals surface area contributed by atoms with Gasteiger partial charge in [-0.25, -0.2) is 8.42 Å². The van der Waals surface area contributed by atoms with E-state index in [0.29, 0.717) is 31.1 Å². The highest BCUT2D eigenvalue weighted by atomic mass is 32.2. The Kier molecular flexibility index (Phi) is 5.36. The molecular formula is C17H26N2O3S. The van der Waals surface area contributed by atoms with Gasteiger partial charge in [0, 0.05) is 19.7 Å². The van der Waals surface area contributed by atoms with Crippen LogP contribution in [0.25, 0.3) is 0 Å². The Bertz CT molecular complexity index is 637. The maximum Gasteiger partial charge on any atom is 0.243 e. The van der Waals surface area contributed by atoms with Crippen LogP contribution in [0.1, 0.15) is 36.8 Å². The Labute approximate surface area is 138 Å². The zero-order valence-corrected chi connectivity index (χ0v) is 14.4. The number of nitrogens with two attached hydrogens (primary N) is 1. The summed E-state index contributed by atoms with van der Waals surface area (Å²) in [6, 6.07) is 5.63. The van der Waals surface area contributed by atoms with Gasteiger partial charge in [-0.05, 0) is 68.3 Å². The lowest BCUT2D eigenvalue weighted by Crippen LogP contribution is -2.41. The number of sulfonamides is 1. The molecule has 0 radical (unpaired) electrons. The van der Waals surface area contributed by atoms with Crippen LogP contribution in [0.5, 0.6) is 0 Å². The van der Waals surface area contributed by atoms with Crippen LogP contribution in [-0.4, -0.2) is 45.1 Å². The standard InChI is InChI=1S/C17H26N2O3S/c18-9-2-12-22-16-7-10-19(11-8-16)23(20,21)17-6-5-14-3-1-4-15(14)13-17/h5-6,13,16H,1-4,7-12,18H2. The molecule has 0 bridgehead atoms. The highest BCUT2D eigenvalue weighted by Crippen LogP contribution is 2.27. The molecule has 0 amide bonds. The summed E-state index contributed by atoms with van der Waals surface area (Å²) in [7, 11) is -3.37. The summed E-state index contributed by atoms with van der Waals surface area (Å²) in [5.41, 5.74) is 7.96. The maximum atomic E-state index is 12.8. The smallest absolute Gasteiger partial charge is 0.243 e. The predicted molar refractivity (Wildman–Crippen MR) is 89.9 cm³/mol. The molecule has 0 saturated carbocycles. The van der Waals surface area contributed by atoms with Gasteiger partial charge in [-0.15, -0.1) is 0 Å². The van der Waals surface area contributed by atoms with E-state index in [1.807, 2.05) is 12.1 Å². The Hall–Kier alpha value is -0.950. The minimum Gasteiger partial charge on any atom is -0.378 e. The Morgan fingerprint density at radius 3 is 2.65 bits per heavy atom. The van der Waals surface area contributed by atoms with E-state index >= 15 is 0 Å². The van der Waals surface area contributed by atoms with Crippen LogP contribution < -0.4 is 5.73 Å². The molecule has 1 aromatic rings. The number of hydrogen-bond acceptors (Lipinski definition) is 4. The summed E-state index contributed by atoms with van der Waals surface area (Å²) in [6.45, 7) is 2.36. The fourth-order valence-corrected chi connectivity index (χ4v) is 4.95. The molecule has 2 aliphatic rings. The van der Waals surface area contributed by atoms with Crippen LogP contribution in [0, 0.1) is 0 Å². The van der Waals surface area contributed by atoms with E-state index in [1.165, 1.54) is 11.1 Å². The second-order valence-electron chi connectivity index (χ2n) is 6.40. The summed E-state index contributed by atoms with van der Waals surface area (Å²) in [4.78, 5) is 0.445. The first-order valence-corrected chi connectivity index (χ1v) is 9.99. The molecule has 1 fully saturated rings. The fraction of sp³-hybridized carbons (Fsp3) is 0.647. The second-order valence-corrected chi connectivity index (χ2v) is 8.34. The third-order valence-electron chi connectivity index (χ3n) is 4.81. The van der Waals surface area contributed by atoms with Gasteiger partial charge in [-0.2, -0.15) is 4.31 Å². The van der Waals surface area contributed by atoms with Crippen molar-refractivity contribution in [2.24, 2.45) is 5.73 Å². The van der Waals surface area contributed by atoms with Crippen LogP contribution in [0.2, 0.25) is 0 Å². The van der Waals surface area contributed by atoms with E-state index in [-0.39, 0.29) is 6.10 Å². The molecule has 1 aliphatic heterocycles. The summed E-state index contributed by atoms with van der Waals surface area (Å²) in [5, 5.41) is 0. The molecule has 3 rings (SSSR count). The minimum absolute atomic E-state index is 0.160. The summed E-state index contributed by atoms with van der Waals surface area (Å²) in [6.07, 6.45) is 5.73. The molecule has 1 heterocycles. The first-order chi connectivity index (χ1) is 11.1. The fourth-order valence-electron chi connectivity index (χ4n) is 3.43. The van der Waals surface area contributed by atoms with Gasteiger partial charge >= 0.3 is 0 Å². The lowest BCUT2D eigenvalue weighted by atomic mass is 10.1. The number of aryl methyl sites for hydroxylation is 2. The minimum atomic E-state index is -3.37. The molecular weight excluding hydrogens is 312 g/mol. The molecule has 128 valence electrons. The van der Waals surface area contributed by atoms with Gasteiger partial charge in [-0.3, -0.25) is 0 Å². The van der Waals surface area contributed by atoms with Gasteiger partial charge in [0.1, 0.15) is 0 Å². The first-order valence-electron chi connectivity index (χ1n) is 8.55. The molecule has 0 spiro atoms. The van der Waals surface area contributed by atoms with Gasteiger partial charge in [-0.1, -0.05) is 6.07 Å².